The predicted octanol–water partition coefficient (Wildman–Crippen LogP) is 5.43. The number of nitrogens with zero attached hydrogens (tertiary/aromatic N) is 3. The first kappa shape index (κ1) is 21.9. The van der Waals surface area contributed by atoms with Crippen LogP contribution in [0.2, 0.25) is 0 Å². The van der Waals surface area contributed by atoms with Gasteiger partial charge in [0.05, 0.1) is 10.9 Å². The number of anilines is 1. The van der Waals surface area contributed by atoms with E-state index >= 15 is 0 Å². The summed E-state index contributed by atoms with van der Waals surface area (Å²) in [5.74, 6) is 1.59. The molecule has 33 heavy (non-hydrogen) atoms. The molecule has 0 radical (unpaired) electrons. The Kier molecular flexibility index (Phi) is 6.89. The molecule has 0 spiro atoms. The van der Waals surface area contributed by atoms with Crippen LogP contribution in [0, 0.1) is 0 Å². The standard InChI is InChI=1S/C27H35N5O/c33-25(32-18-8-11-21(19-32)20-9-4-3-5-10-20)15-14-23-26-24(31-30-23)16-17-28-27(26)29-22-12-6-1-2-7-13-22/h3-5,9-10,16-17,21-22H,1-2,6-8,11-15,18-19H2,(H,28,29)(H,30,31)/t21-/m0/s1. The number of aryl methyl sites for hydroxylation is 1. The molecule has 2 fully saturated rings. The number of amides is 1. The number of pyridine rings is 1. The van der Waals surface area contributed by atoms with Gasteiger partial charge in [0.15, 0.2) is 0 Å². The van der Waals surface area contributed by atoms with Crippen molar-refractivity contribution in [2.75, 3.05) is 18.4 Å². The molecule has 5 rings (SSSR count). The fraction of sp³-hybridized carbons (Fsp3) is 0.519. The average molecular weight is 446 g/mol. The Balaban J connectivity index is 1.25. The van der Waals surface area contributed by atoms with Gasteiger partial charge in [0.1, 0.15) is 5.82 Å². The van der Waals surface area contributed by atoms with Crippen molar-refractivity contribution in [1.82, 2.24) is 20.1 Å². The van der Waals surface area contributed by atoms with Crippen molar-refractivity contribution in [2.45, 2.75) is 76.2 Å². The van der Waals surface area contributed by atoms with Crippen molar-refractivity contribution in [3.8, 4) is 0 Å². The van der Waals surface area contributed by atoms with Gasteiger partial charge in [-0.25, -0.2) is 4.98 Å². The van der Waals surface area contributed by atoms with Crippen LogP contribution in [0.15, 0.2) is 42.6 Å². The smallest absolute Gasteiger partial charge is 0.222 e. The molecular weight excluding hydrogens is 410 g/mol. The molecule has 2 N–H and O–H groups in total. The van der Waals surface area contributed by atoms with E-state index in [0.717, 1.165) is 48.3 Å². The number of hydrogen-bond donors (Lipinski definition) is 2. The van der Waals surface area contributed by atoms with Gasteiger partial charge in [0.2, 0.25) is 5.91 Å². The number of piperidine rings is 1. The van der Waals surface area contributed by atoms with Gasteiger partial charge in [-0.3, -0.25) is 9.89 Å². The van der Waals surface area contributed by atoms with E-state index in [-0.39, 0.29) is 5.91 Å². The maximum absolute atomic E-state index is 13.1. The van der Waals surface area contributed by atoms with E-state index in [9.17, 15) is 4.79 Å². The average Bonchev–Trinajstić information content (AvgIpc) is 3.11. The number of hydrogen-bond acceptors (Lipinski definition) is 4. The highest BCUT2D eigenvalue weighted by Crippen LogP contribution is 2.29. The van der Waals surface area contributed by atoms with Crippen LogP contribution in [-0.2, 0) is 11.2 Å². The summed E-state index contributed by atoms with van der Waals surface area (Å²) in [7, 11) is 0. The molecular formula is C27H35N5O. The fourth-order valence-electron chi connectivity index (χ4n) is 5.52. The summed E-state index contributed by atoms with van der Waals surface area (Å²) in [6.07, 6.45) is 12.8. The molecule has 6 nitrogen and oxygen atoms in total. The summed E-state index contributed by atoms with van der Waals surface area (Å²) in [6, 6.07) is 13.0. The minimum absolute atomic E-state index is 0.237. The van der Waals surface area contributed by atoms with Gasteiger partial charge >= 0.3 is 0 Å². The molecule has 1 atom stereocenters. The first-order valence-corrected chi connectivity index (χ1v) is 12.7. The monoisotopic (exact) mass is 445 g/mol. The molecule has 0 unspecified atom stereocenters. The Morgan fingerprint density at radius 2 is 1.85 bits per heavy atom. The van der Waals surface area contributed by atoms with Gasteiger partial charge in [-0.05, 0) is 43.7 Å². The van der Waals surface area contributed by atoms with Crippen molar-refractivity contribution < 1.29 is 4.79 Å². The van der Waals surface area contributed by atoms with Gasteiger partial charge in [-0.15, -0.1) is 0 Å². The number of aromatic amines is 1. The van der Waals surface area contributed by atoms with Crippen molar-refractivity contribution in [3.63, 3.8) is 0 Å². The van der Waals surface area contributed by atoms with Crippen molar-refractivity contribution >= 4 is 22.6 Å². The third-order valence-electron chi connectivity index (χ3n) is 7.37. The topological polar surface area (TPSA) is 73.9 Å². The molecule has 3 aromatic rings. The predicted molar refractivity (Wildman–Crippen MR) is 132 cm³/mol. The number of nitrogens with one attached hydrogen (secondary N) is 2. The summed E-state index contributed by atoms with van der Waals surface area (Å²) >= 11 is 0. The number of aromatic nitrogens is 3. The van der Waals surface area contributed by atoms with Gasteiger partial charge in [0, 0.05) is 43.4 Å². The Bertz CT molecular complexity index is 1050. The van der Waals surface area contributed by atoms with Crippen molar-refractivity contribution in [2.24, 2.45) is 0 Å². The zero-order valence-corrected chi connectivity index (χ0v) is 19.4. The van der Waals surface area contributed by atoms with Crippen LogP contribution in [0.1, 0.15) is 75.0 Å². The number of rotatable bonds is 6. The third-order valence-corrected chi connectivity index (χ3v) is 7.37. The zero-order chi connectivity index (χ0) is 22.5. The minimum Gasteiger partial charge on any atom is -0.367 e. The second-order valence-corrected chi connectivity index (χ2v) is 9.68. The van der Waals surface area contributed by atoms with Crippen LogP contribution in [0.4, 0.5) is 5.82 Å². The number of H-pyrrole nitrogens is 1. The molecule has 1 aliphatic heterocycles. The first-order valence-electron chi connectivity index (χ1n) is 12.7. The Labute approximate surface area is 196 Å². The molecule has 0 bridgehead atoms. The van der Waals surface area contributed by atoms with Crippen molar-refractivity contribution in [3.05, 3.63) is 53.9 Å². The summed E-state index contributed by atoms with van der Waals surface area (Å²) in [5.41, 5.74) is 3.28. The van der Waals surface area contributed by atoms with Gasteiger partial charge < -0.3 is 10.2 Å². The lowest BCUT2D eigenvalue weighted by atomic mass is 9.90. The molecule has 174 valence electrons. The number of carbonyl (C=O) groups is 1. The molecule has 1 aliphatic carbocycles. The van der Waals surface area contributed by atoms with Crippen LogP contribution in [-0.4, -0.2) is 45.1 Å². The Morgan fingerprint density at radius 1 is 1.03 bits per heavy atom. The number of benzene rings is 1. The molecule has 1 aromatic carbocycles. The van der Waals surface area contributed by atoms with Crippen molar-refractivity contribution in [1.29, 1.82) is 0 Å². The minimum atomic E-state index is 0.237. The zero-order valence-electron chi connectivity index (χ0n) is 19.4. The highest BCUT2D eigenvalue weighted by molar-refractivity contribution is 5.92. The lowest BCUT2D eigenvalue weighted by molar-refractivity contribution is -0.132. The summed E-state index contributed by atoms with van der Waals surface area (Å²) < 4.78 is 0. The molecule has 1 saturated heterocycles. The molecule has 6 heteroatoms. The number of likely N-dealkylation sites (tertiary alicyclic amines) is 1. The second kappa shape index (κ2) is 10.4. The molecule has 2 aliphatic rings. The second-order valence-electron chi connectivity index (χ2n) is 9.68. The summed E-state index contributed by atoms with van der Waals surface area (Å²) in [6.45, 7) is 1.69. The molecule has 1 amide bonds. The summed E-state index contributed by atoms with van der Waals surface area (Å²) in [5, 5.41) is 12.4. The van der Waals surface area contributed by atoms with Crippen LogP contribution < -0.4 is 5.32 Å². The van der Waals surface area contributed by atoms with Gasteiger partial charge in [-0.2, -0.15) is 5.10 Å². The lowest BCUT2D eigenvalue weighted by Gasteiger charge is -2.33. The van der Waals surface area contributed by atoms with E-state index in [1.165, 1.54) is 44.1 Å². The third kappa shape index (κ3) is 5.21. The molecule has 3 heterocycles. The van der Waals surface area contributed by atoms with E-state index in [4.69, 9.17) is 0 Å². The van der Waals surface area contributed by atoms with E-state index < -0.39 is 0 Å². The highest BCUT2D eigenvalue weighted by atomic mass is 16.2. The maximum Gasteiger partial charge on any atom is 0.222 e. The van der Waals surface area contributed by atoms with Crippen LogP contribution in [0.5, 0.6) is 0 Å². The number of carbonyl (C=O) groups excluding carboxylic acids is 1. The van der Waals surface area contributed by atoms with Crippen LogP contribution in [0.25, 0.3) is 10.9 Å². The molecule has 1 saturated carbocycles. The van der Waals surface area contributed by atoms with E-state index in [1.807, 2.05) is 12.3 Å². The molecule has 2 aromatic heterocycles. The van der Waals surface area contributed by atoms with E-state index in [1.54, 1.807) is 0 Å². The lowest BCUT2D eigenvalue weighted by Crippen LogP contribution is -2.39. The van der Waals surface area contributed by atoms with Gasteiger partial charge in [-0.1, -0.05) is 56.0 Å². The maximum atomic E-state index is 13.1. The first-order chi connectivity index (χ1) is 16.3. The quantitative estimate of drug-likeness (QED) is 0.496. The van der Waals surface area contributed by atoms with Crippen LogP contribution >= 0.6 is 0 Å². The number of fused-ring (bicyclic) bond motifs is 1. The normalized spacial score (nSPS) is 20.0. The highest BCUT2D eigenvalue weighted by Gasteiger charge is 2.25. The Hall–Kier alpha value is -2.89. The Morgan fingerprint density at radius 3 is 2.67 bits per heavy atom. The largest absolute Gasteiger partial charge is 0.367 e. The van der Waals surface area contributed by atoms with Crippen LogP contribution in [0.3, 0.4) is 0 Å². The van der Waals surface area contributed by atoms with E-state index in [2.05, 4.69) is 55.7 Å². The fourth-order valence-corrected chi connectivity index (χ4v) is 5.52. The summed E-state index contributed by atoms with van der Waals surface area (Å²) in [4.78, 5) is 19.8. The SMILES string of the molecule is O=C(CCc1[nH]nc2ccnc(NC3CCCCCC3)c12)N1CCC[C@H](c2ccccc2)C1. The van der Waals surface area contributed by atoms with Gasteiger partial charge in [0.25, 0.3) is 0 Å². The van der Waals surface area contributed by atoms with E-state index in [0.29, 0.717) is 24.8 Å².